The third-order valence-corrected chi connectivity index (χ3v) is 9.65. The van der Waals surface area contributed by atoms with Crippen molar-refractivity contribution in [3.8, 4) is 0 Å². The number of fused-ring (bicyclic) bond motifs is 5. The first-order valence-corrected chi connectivity index (χ1v) is 12.5. The molecule has 4 aliphatic rings. The molecule has 1 amide bonds. The summed E-state index contributed by atoms with van der Waals surface area (Å²) in [6.07, 6.45) is 9.78. The summed E-state index contributed by atoms with van der Waals surface area (Å²) in [7, 11) is 0. The van der Waals surface area contributed by atoms with E-state index in [0.29, 0.717) is 48.0 Å². The van der Waals surface area contributed by atoms with Gasteiger partial charge in [0.15, 0.2) is 0 Å². The van der Waals surface area contributed by atoms with Crippen molar-refractivity contribution in [1.82, 2.24) is 5.32 Å². The molecule has 0 heterocycles. The first-order chi connectivity index (χ1) is 14.8. The summed E-state index contributed by atoms with van der Waals surface area (Å²) in [5.41, 5.74) is 5.62. The van der Waals surface area contributed by atoms with Crippen LogP contribution < -0.4 is 11.1 Å². The zero-order chi connectivity index (χ0) is 22.2. The van der Waals surface area contributed by atoms with E-state index >= 15 is 0 Å². The number of amides is 1. The minimum absolute atomic E-state index is 0.0175. The van der Waals surface area contributed by atoms with Gasteiger partial charge in [0.05, 0.1) is 6.42 Å². The number of Topliss-reactive ketones (excluding diaryl/α,β-unsaturated/α-hetero) is 1. The van der Waals surface area contributed by atoms with Gasteiger partial charge in [-0.25, -0.2) is 0 Å². The Balaban J connectivity index is 1.32. The predicted octanol–water partition coefficient (Wildman–Crippen LogP) is 3.37. The summed E-state index contributed by atoms with van der Waals surface area (Å²) in [6, 6.07) is 0. The largest absolute Gasteiger partial charge is 0.462 e. The molecular weight excluding hydrogens is 392 g/mol. The van der Waals surface area contributed by atoms with E-state index in [9.17, 15) is 14.4 Å². The molecule has 2 unspecified atom stereocenters. The van der Waals surface area contributed by atoms with Crippen LogP contribution >= 0.6 is 0 Å². The van der Waals surface area contributed by atoms with Gasteiger partial charge in [-0.15, -0.1) is 0 Å². The Bertz CT molecular complexity index is 724. The van der Waals surface area contributed by atoms with Gasteiger partial charge in [-0.3, -0.25) is 14.4 Å². The first-order valence-electron chi connectivity index (χ1n) is 12.5. The molecule has 4 saturated carbocycles. The maximum absolute atomic E-state index is 12.6. The van der Waals surface area contributed by atoms with E-state index in [1.54, 1.807) is 0 Å². The highest BCUT2D eigenvalue weighted by Gasteiger charge is 2.60. The number of nitrogens with one attached hydrogen (secondary N) is 1. The van der Waals surface area contributed by atoms with Gasteiger partial charge in [-0.1, -0.05) is 13.8 Å². The van der Waals surface area contributed by atoms with E-state index < -0.39 is 0 Å². The summed E-state index contributed by atoms with van der Waals surface area (Å²) in [4.78, 5) is 36.6. The van der Waals surface area contributed by atoms with Crippen LogP contribution in [0.5, 0.6) is 0 Å². The van der Waals surface area contributed by atoms with E-state index in [-0.39, 0.29) is 36.2 Å². The van der Waals surface area contributed by atoms with Gasteiger partial charge in [-0.05, 0) is 80.5 Å². The fourth-order valence-corrected chi connectivity index (χ4v) is 7.86. The standard InChI is InChI=1S/C25H40N2O4/c1-24-11-9-17(31-23(30)8-7-22(29)27-14-13-26)15-16(24)3-4-18-19-5-6-21(28)25(19,2)12-10-20(18)24/h16-20H,3-15,26H2,1-2H3,(H,27,29)/t16?,17?,18-,19-,20-,24-,25-/m0/s1. The molecule has 0 aromatic heterocycles. The summed E-state index contributed by atoms with van der Waals surface area (Å²) in [5.74, 6) is 2.67. The molecule has 6 nitrogen and oxygen atoms in total. The number of nitrogens with two attached hydrogens (primary N) is 1. The van der Waals surface area contributed by atoms with Crippen LogP contribution in [-0.4, -0.2) is 36.9 Å². The van der Waals surface area contributed by atoms with Crippen LogP contribution in [0.15, 0.2) is 0 Å². The van der Waals surface area contributed by atoms with Gasteiger partial charge < -0.3 is 15.8 Å². The van der Waals surface area contributed by atoms with Crippen molar-refractivity contribution >= 4 is 17.7 Å². The first kappa shape index (κ1) is 22.8. The highest BCUT2D eigenvalue weighted by molar-refractivity contribution is 5.87. The van der Waals surface area contributed by atoms with Gasteiger partial charge in [0.1, 0.15) is 11.9 Å². The average molecular weight is 433 g/mol. The fraction of sp³-hybridized carbons (Fsp3) is 0.880. The molecule has 0 aliphatic heterocycles. The van der Waals surface area contributed by atoms with E-state index in [4.69, 9.17) is 10.5 Å². The summed E-state index contributed by atoms with van der Waals surface area (Å²) < 4.78 is 5.79. The lowest BCUT2D eigenvalue weighted by Crippen LogP contribution is -2.54. The molecule has 0 bridgehead atoms. The lowest BCUT2D eigenvalue weighted by Gasteiger charge is -2.60. The highest BCUT2D eigenvalue weighted by Crippen LogP contribution is 2.65. The van der Waals surface area contributed by atoms with Crippen molar-refractivity contribution in [2.45, 2.75) is 90.6 Å². The van der Waals surface area contributed by atoms with Crippen molar-refractivity contribution in [2.24, 2.45) is 40.2 Å². The van der Waals surface area contributed by atoms with Crippen molar-refractivity contribution in [1.29, 1.82) is 0 Å². The third-order valence-electron chi connectivity index (χ3n) is 9.65. The van der Waals surface area contributed by atoms with Crippen molar-refractivity contribution in [3.63, 3.8) is 0 Å². The Kier molecular flexibility index (Phi) is 6.49. The number of ether oxygens (including phenoxy) is 1. The summed E-state index contributed by atoms with van der Waals surface area (Å²) in [5, 5.41) is 2.69. The number of carbonyl (C=O) groups is 3. The zero-order valence-electron chi connectivity index (χ0n) is 19.3. The van der Waals surface area contributed by atoms with Crippen LogP contribution in [0.1, 0.15) is 84.5 Å². The summed E-state index contributed by atoms with van der Waals surface area (Å²) in [6.45, 7) is 5.56. The second kappa shape index (κ2) is 8.84. The molecule has 0 aromatic rings. The minimum atomic E-state index is -0.261. The van der Waals surface area contributed by atoms with Crippen LogP contribution in [0.25, 0.3) is 0 Å². The molecule has 4 aliphatic carbocycles. The van der Waals surface area contributed by atoms with Crippen LogP contribution in [0, 0.1) is 34.5 Å². The van der Waals surface area contributed by atoms with Crippen LogP contribution in [-0.2, 0) is 19.1 Å². The number of hydrogen-bond acceptors (Lipinski definition) is 5. The maximum Gasteiger partial charge on any atom is 0.306 e. The number of rotatable bonds is 6. The van der Waals surface area contributed by atoms with Gasteiger partial charge >= 0.3 is 5.97 Å². The van der Waals surface area contributed by atoms with E-state index in [0.717, 1.165) is 38.5 Å². The molecule has 4 fully saturated rings. The van der Waals surface area contributed by atoms with Crippen LogP contribution in [0.3, 0.4) is 0 Å². The lowest BCUT2D eigenvalue weighted by atomic mass is 9.45. The predicted molar refractivity (Wildman–Crippen MR) is 118 cm³/mol. The number of esters is 1. The van der Waals surface area contributed by atoms with E-state index in [1.807, 2.05) is 0 Å². The molecule has 7 atom stereocenters. The highest BCUT2D eigenvalue weighted by atomic mass is 16.5. The second-order valence-electron chi connectivity index (χ2n) is 11.1. The Hall–Kier alpha value is -1.43. The van der Waals surface area contributed by atoms with Crippen LogP contribution in [0.4, 0.5) is 0 Å². The van der Waals surface area contributed by atoms with Gasteiger partial charge in [0.2, 0.25) is 5.91 Å². The molecule has 0 radical (unpaired) electrons. The Morgan fingerprint density at radius 2 is 1.87 bits per heavy atom. The minimum Gasteiger partial charge on any atom is -0.462 e. The lowest BCUT2D eigenvalue weighted by molar-refractivity contribution is -0.162. The zero-order valence-corrected chi connectivity index (χ0v) is 19.3. The van der Waals surface area contributed by atoms with Crippen LogP contribution in [0.2, 0.25) is 0 Å². The average Bonchev–Trinajstić information content (AvgIpc) is 3.05. The molecule has 4 rings (SSSR count). The van der Waals surface area contributed by atoms with E-state index in [2.05, 4.69) is 19.2 Å². The number of hydrogen-bond donors (Lipinski definition) is 2. The molecule has 0 spiro atoms. The number of carbonyl (C=O) groups excluding carboxylic acids is 3. The molecule has 0 saturated heterocycles. The monoisotopic (exact) mass is 432 g/mol. The van der Waals surface area contributed by atoms with E-state index in [1.165, 1.54) is 19.3 Å². The number of ketones is 1. The topological polar surface area (TPSA) is 98.5 Å². The molecule has 0 aromatic carbocycles. The Morgan fingerprint density at radius 3 is 2.65 bits per heavy atom. The Morgan fingerprint density at radius 1 is 1.06 bits per heavy atom. The third kappa shape index (κ3) is 4.17. The summed E-state index contributed by atoms with van der Waals surface area (Å²) >= 11 is 0. The maximum atomic E-state index is 12.6. The van der Waals surface area contributed by atoms with Gasteiger partial charge in [0.25, 0.3) is 0 Å². The Labute approximate surface area is 186 Å². The molecular formula is C25H40N2O4. The smallest absolute Gasteiger partial charge is 0.306 e. The SMILES string of the molecule is C[C@]12CCC(OC(=O)CCC(=O)NCCN)CC1CC[C@@H]1[C@@H]2CC[C@]2(C)C(=O)CC[C@@H]12. The van der Waals surface area contributed by atoms with Gasteiger partial charge in [0, 0.05) is 31.3 Å². The van der Waals surface area contributed by atoms with Gasteiger partial charge in [-0.2, -0.15) is 0 Å². The van der Waals surface area contributed by atoms with Crippen molar-refractivity contribution in [3.05, 3.63) is 0 Å². The fourth-order valence-electron chi connectivity index (χ4n) is 7.86. The van der Waals surface area contributed by atoms with Crippen molar-refractivity contribution in [2.75, 3.05) is 13.1 Å². The molecule has 3 N–H and O–H groups in total. The normalized spacial score (nSPS) is 41.6. The van der Waals surface area contributed by atoms with Crippen molar-refractivity contribution < 1.29 is 19.1 Å². The second-order valence-corrected chi connectivity index (χ2v) is 11.1. The quantitative estimate of drug-likeness (QED) is 0.627. The molecule has 31 heavy (non-hydrogen) atoms. The molecule has 174 valence electrons. The molecule has 6 heteroatoms.